The van der Waals surface area contributed by atoms with Gasteiger partial charge in [0, 0.05) is 23.9 Å². The van der Waals surface area contributed by atoms with E-state index in [9.17, 15) is 14.4 Å². The quantitative estimate of drug-likeness (QED) is 0.605. The van der Waals surface area contributed by atoms with Gasteiger partial charge in [-0.05, 0) is 25.1 Å². The van der Waals surface area contributed by atoms with Crippen molar-refractivity contribution in [3.05, 3.63) is 59.7 Å². The van der Waals surface area contributed by atoms with E-state index in [1.807, 2.05) is 18.2 Å². The van der Waals surface area contributed by atoms with E-state index < -0.39 is 17.7 Å². The number of hydrogen-bond donors (Lipinski definition) is 3. The second kappa shape index (κ2) is 7.56. The molecule has 0 aliphatic carbocycles. The lowest BCUT2D eigenvalue weighted by atomic mass is 10.1. The molecule has 3 amide bonds. The van der Waals surface area contributed by atoms with Crippen LogP contribution in [0.2, 0.25) is 0 Å². The molecule has 0 atom stereocenters. The number of hydrazine groups is 1. The minimum atomic E-state index is -0.549. The van der Waals surface area contributed by atoms with Crippen molar-refractivity contribution in [3.8, 4) is 0 Å². The summed E-state index contributed by atoms with van der Waals surface area (Å²) in [6.45, 7) is 1.87. The van der Waals surface area contributed by atoms with E-state index in [4.69, 9.17) is 8.83 Å². The van der Waals surface area contributed by atoms with Crippen molar-refractivity contribution in [3.63, 3.8) is 0 Å². The number of aryl methyl sites for hydroxylation is 1. The number of carbonyl (C=O) groups is 3. The van der Waals surface area contributed by atoms with Crippen LogP contribution < -0.4 is 16.2 Å². The van der Waals surface area contributed by atoms with Gasteiger partial charge in [-0.3, -0.25) is 25.2 Å². The number of benzene rings is 1. The molecule has 0 bridgehead atoms. The second-order valence-corrected chi connectivity index (χ2v) is 5.54. The van der Waals surface area contributed by atoms with Crippen molar-refractivity contribution in [2.24, 2.45) is 0 Å². The number of nitrogens with one attached hydrogen (secondary N) is 3. The zero-order valence-electron chi connectivity index (χ0n) is 14.0. The molecule has 2 aromatic heterocycles. The third-order valence-electron chi connectivity index (χ3n) is 3.75. The molecular weight excluding hydrogens is 338 g/mol. The molecule has 1 aromatic carbocycles. The highest BCUT2D eigenvalue weighted by molar-refractivity contribution is 5.99. The van der Waals surface area contributed by atoms with Gasteiger partial charge in [-0.15, -0.1) is 0 Å². The molecule has 0 aliphatic heterocycles. The second-order valence-electron chi connectivity index (χ2n) is 5.54. The van der Waals surface area contributed by atoms with Gasteiger partial charge < -0.3 is 14.2 Å². The Hall–Kier alpha value is -3.55. The van der Waals surface area contributed by atoms with E-state index in [2.05, 4.69) is 16.2 Å². The van der Waals surface area contributed by atoms with Gasteiger partial charge in [-0.2, -0.15) is 0 Å². The van der Waals surface area contributed by atoms with Crippen LogP contribution in [0, 0.1) is 6.92 Å². The summed E-state index contributed by atoms with van der Waals surface area (Å²) in [5.41, 5.74) is 5.88. The normalized spacial score (nSPS) is 10.5. The molecule has 2 heterocycles. The molecule has 3 N–H and O–H groups in total. The Bertz CT molecular complexity index is 943. The summed E-state index contributed by atoms with van der Waals surface area (Å²) in [6.07, 6.45) is 1.38. The van der Waals surface area contributed by atoms with E-state index in [0.29, 0.717) is 11.1 Å². The van der Waals surface area contributed by atoms with Crippen LogP contribution in [0.4, 0.5) is 0 Å². The van der Waals surface area contributed by atoms with E-state index in [-0.39, 0.29) is 24.5 Å². The van der Waals surface area contributed by atoms with E-state index in [1.54, 1.807) is 19.1 Å². The Kier molecular flexibility index (Phi) is 5.02. The number of rotatable bonds is 5. The van der Waals surface area contributed by atoms with Crippen LogP contribution in [0.5, 0.6) is 0 Å². The van der Waals surface area contributed by atoms with Crippen molar-refractivity contribution in [2.45, 2.75) is 13.3 Å². The van der Waals surface area contributed by atoms with Gasteiger partial charge in [-0.25, -0.2) is 0 Å². The van der Waals surface area contributed by atoms with E-state index >= 15 is 0 Å². The van der Waals surface area contributed by atoms with Gasteiger partial charge in [0.25, 0.3) is 5.91 Å². The first kappa shape index (κ1) is 17.3. The first-order valence-electron chi connectivity index (χ1n) is 7.95. The van der Waals surface area contributed by atoms with Gasteiger partial charge in [0.05, 0.1) is 6.26 Å². The minimum Gasteiger partial charge on any atom is -0.459 e. The number of carbonyl (C=O) groups excluding carboxylic acids is 3. The van der Waals surface area contributed by atoms with Crippen LogP contribution in [0.3, 0.4) is 0 Å². The summed E-state index contributed by atoms with van der Waals surface area (Å²) >= 11 is 0. The summed E-state index contributed by atoms with van der Waals surface area (Å²) < 4.78 is 10.5. The highest BCUT2D eigenvalue weighted by atomic mass is 16.3. The summed E-state index contributed by atoms with van der Waals surface area (Å²) in [5.74, 6) is -1.11. The topological polar surface area (TPSA) is 114 Å². The largest absolute Gasteiger partial charge is 0.459 e. The standard InChI is InChI=1S/C18H17N3O5/c1-11-12-5-2-3-6-13(12)26-16(11)18(24)21-20-15(22)8-9-19-17(23)14-7-4-10-25-14/h2-7,10H,8-9H2,1H3,(H,19,23)(H,20,22)(H,21,24). The molecular formula is C18H17N3O5. The number of fused-ring (bicyclic) bond motifs is 1. The molecule has 0 spiro atoms. The minimum absolute atomic E-state index is 0.00809. The Balaban J connectivity index is 1.47. The molecule has 0 aliphatic rings. The summed E-state index contributed by atoms with van der Waals surface area (Å²) in [5, 5.41) is 3.38. The van der Waals surface area contributed by atoms with Gasteiger partial charge in [0.1, 0.15) is 5.58 Å². The van der Waals surface area contributed by atoms with Gasteiger partial charge in [0.15, 0.2) is 11.5 Å². The predicted octanol–water partition coefficient (Wildman–Crippen LogP) is 1.92. The molecule has 3 aromatic rings. The fourth-order valence-corrected chi connectivity index (χ4v) is 2.42. The maximum atomic E-state index is 12.2. The van der Waals surface area contributed by atoms with Crippen LogP contribution in [0.25, 0.3) is 11.0 Å². The van der Waals surface area contributed by atoms with Crippen molar-refractivity contribution in [2.75, 3.05) is 6.54 Å². The Morgan fingerprint density at radius 1 is 1.00 bits per heavy atom. The summed E-state index contributed by atoms with van der Waals surface area (Å²) in [6, 6.07) is 10.4. The van der Waals surface area contributed by atoms with Gasteiger partial charge in [-0.1, -0.05) is 18.2 Å². The first-order chi connectivity index (χ1) is 12.6. The predicted molar refractivity (Wildman–Crippen MR) is 92.2 cm³/mol. The summed E-state index contributed by atoms with van der Waals surface area (Å²) in [4.78, 5) is 35.6. The third-order valence-corrected chi connectivity index (χ3v) is 3.75. The van der Waals surface area contributed by atoms with Gasteiger partial charge >= 0.3 is 5.91 Å². The van der Waals surface area contributed by atoms with Gasteiger partial charge in [0.2, 0.25) is 5.91 Å². The zero-order valence-corrected chi connectivity index (χ0v) is 14.0. The number of amides is 3. The molecule has 0 saturated carbocycles. The number of para-hydroxylation sites is 1. The molecule has 0 radical (unpaired) electrons. The molecule has 0 fully saturated rings. The Morgan fingerprint density at radius 2 is 1.81 bits per heavy atom. The lowest BCUT2D eigenvalue weighted by Gasteiger charge is -2.07. The Morgan fingerprint density at radius 3 is 2.54 bits per heavy atom. The maximum absolute atomic E-state index is 12.2. The first-order valence-corrected chi connectivity index (χ1v) is 7.95. The third kappa shape index (κ3) is 3.75. The van der Waals surface area contributed by atoms with Crippen molar-refractivity contribution >= 4 is 28.7 Å². The van der Waals surface area contributed by atoms with Crippen molar-refractivity contribution in [1.29, 1.82) is 0 Å². The van der Waals surface area contributed by atoms with E-state index in [1.165, 1.54) is 12.3 Å². The maximum Gasteiger partial charge on any atom is 0.305 e. The number of hydrogen-bond acceptors (Lipinski definition) is 5. The molecule has 0 unspecified atom stereocenters. The summed E-state index contributed by atoms with van der Waals surface area (Å²) in [7, 11) is 0. The Labute approximate surface area is 148 Å². The lowest BCUT2D eigenvalue weighted by molar-refractivity contribution is -0.121. The molecule has 134 valence electrons. The fraction of sp³-hybridized carbons (Fsp3) is 0.167. The van der Waals surface area contributed by atoms with E-state index in [0.717, 1.165) is 5.39 Å². The fourth-order valence-electron chi connectivity index (χ4n) is 2.42. The molecule has 8 heteroatoms. The van der Waals surface area contributed by atoms with Crippen LogP contribution in [0.1, 0.15) is 33.1 Å². The van der Waals surface area contributed by atoms with Crippen molar-refractivity contribution in [1.82, 2.24) is 16.2 Å². The van der Waals surface area contributed by atoms with Crippen LogP contribution in [0.15, 0.2) is 51.5 Å². The van der Waals surface area contributed by atoms with Crippen LogP contribution >= 0.6 is 0 Å². The highest BCUT2D eigenvalue weighted by Crippen LogP contribution is 2.24. The molecule has 26 heavy (non-hydrogen) atoms. The average Bonchev–Trinajstić information content (AvgIpc) is 3.28. The average molecular weight is 355 g/mol. The van der Waals surface area contributed by atoms with Crippen LogP contribution in [-0.4, -0.2) is 24.3 Å². The lowest BCUT2D eigenvalue weighted by Crippen LogP contribution is -2.42. The van der Waals surface area contributed by atoms with Crippen molar-refractivity contribution < 1.29 is 23.2 Å². The molecule has 3 rings (SSSR count). The highest BCUT2D eigenvalue weighted by Gasteiger charge is 2.17. The van der Waals surface area contributed by atoms with Crippen LogP contribution in [-0.2, 0) is 4.79 Å². The number of furan rings is 2. The molecule has 8 nitrogen and oxygen atoms in total. The molecule has 0 saturated heterocycles. The smallest absolute Gasteiger partial charge is 0.305 e. The zero-order chi connectivity index (χ0) is 18.5. The SMILES string of the molecule is Cc1c(C(=O)NNC(=O)CCNC(=O)c2ccco2)oc2ccccc12. The monoisotopic (exact) mass is 355 g/mol.